The lowest BCUT2D eigenvalue weighted by Crippen LogP contribution is -2.44. The minimum absolute atomic E-state index is 0.0206. The Bertz CT molecular complexity index is 779. The number of carbonyl (C=O) groups is 2. The first-order valence-corrected chi connectivity index (χ1v) is 8.72. The summed E-state index contributed by atoms with van der Waals surface area (Å²) in [6.07, 6.45) is 4.11. The van der Waals surface area contributed by atoms with Gasteiger partial charge < -0.3 is 16.0 Å². The lowest BCUT2D eigenvalue weighted by molar-refractivity contribution is -0.127. The molecule has 3 rings (SSSR count). The van der Waals surface area contributed by atoms with Crippen LogP contribution in [0.2, 0.25) is 0 Å². The van der Waals surface area contributed by atoms with Gasteiger partial charge in [-0.2, -0.15) is 0 Å². The molecule has 5 heteroatoms. The molecule has 1 saturated heterocycles. The first-order valence-electron chi connectivity index (χ1n) is 8.72. The second kappa shape index (κ2) is 6.75. The van der Waals surface area contributed by atoms with E-state index in [0.29, 0.717) is 12.1 Å². The molecule has 1 heterocycles. The van der Waals surface area contributed by atoms with E-state index in [4.69, 9.17) is 5.73 Å². The third-order valence-electron chi connectivity index (χ3n) is 5.30. The van der Waals surface area contributed by atoms with Gasteiger partial charge in [-0.1, -0.05) is 12.2 Å². The van der Waals surface area contributed by atoms with E-state index in [0.717, 1.165) is 42.6 Å². The number of rotatable bonds is 4. The summed E-state index contributed by atoms with van der Waals surface area (Å²) >= 11 is 0. The summed E-state index contributed by atoms with van der Waals surface area (Å²) < 4.78 is 0. The summed E-state index contributed by atoms with van der Waals surface area (Å²) in [5.74, 6) is -0.404. The number of nitrogens with zero attached hydrogens (tertiary/aromatic N) is 1. The highest BCUT2D eigenvalue weighted by Gasteiger charge is 2.27. The summed E-state index contributed by atoms with van der Waals surface area (Å²) in [4.78, 5) is 25.5. The summed E-state index contributed by atoms with van der Waals surface area (Å²) in [6, 6.07) is 3.94. The maximum Gasteiger partial charge on any atom is 0.249 e. The monoisotopic (exact) mass is 339 g/mol. The number of nitrogens with two attached hydrogens (primary N) is 1. The number of carbonyl (C=O) groups excluding carboxylic acids is 2. The largest absolute Gasteiger partial charge is 0.380 e. The Labute approximate surface area is 148 Å². The third-order valence-corrected chi connectivity index (χ3v) is 5.30. The van der Waals surface area contributed by atoms with E-state index in [1.807, 2.05) is 17.0 Å². The minimum atomic E-state index is -0.384. The number of piperidine rings is 1. The molecule has 5 nitrogen and oxygen atoms in total. The van der Waals surface area contributed by atoms with Gasteiger partial charge >= 0.3 is 0 Å². The van der Waals surface area contributed by atoms with Crippen LogP contribution in [0.5, 0.6) is 0 Å². The van der Waals surface area contributed by atoms with Crippen molar-refractivity contribution < 1.29 is 9.59 Å². The van der Waals surface area contributed by atoms with Crippen LogP contribution in [0.25, 0.3) is 5.57 Å². The van der Waals surface area contributed by atoms with E-state index < -0.39 is 0 Å². The quantitative estimate of drug-likeness (QED) is 0.828. The molecule has 0 spiro atoms. The molecule has 1 unspecified atom stereocenters. The lowest BCUT2D eigenvalue weighted by Gasteiger charge is -2.33. The van der Waals surface area contributed by atoms with Crippen LogP contribution in [0.3, 0.4) is 0 Å². The molecule has 1 aromatic carbocycles. The summed E-state index contributed by atoms with van der Waals surface area (Å²) in [7, 11) is 0. The number of primary amides is 1. The van der Waals surface area contributed by atoms with Gasteiger partial charge in [-0.25, -0.2) is 0 Å². The van der Waals surface area contributed by atoms with E-state index in [1.54, 1.807) is 0 Å². The Morgan fingerprint density at radius 3 is 2.80 bits per heavy atom. The molecule has 1 aliphatic heterocycles. The number of likely N-dealkylation sites (tertiary alicyclic amines) is 1. The molecule has 0 saturated carbocycles. The average Bonchev–Trinajstić information content (AvgIpc) is 2.90. The van der Waals surface area contributed by atoms with E-state index in [1.165, 1.54) is 17.2 Å². The average molecular weight is 339 g/mol. The number of nitrogens with one attached hydrogen (secondary N) is 1. The van der Waals surface area contributed by atoms with Crippen LogP contribution in [-0.2, 0) is 11.2 Å². The van der Waals surface area contributed by atoms with Gasteiger partial charge in [0.05, 0.1) is 0 Å². The van der Waals surface area contributed by atoms with E-state index in [2.05, 4.69) is 25.7 Å². The highest BCUT2D eigenvalue weighted by atomic mass is 16.2. The fraction of sp³-hybridized carbons (Fsp3) is 0.400. The van der Waals surface area contributed by atoms with Crippen LogP contribution in [0.4, 0.5) is 5.69 Å². The molecule has 2 aliphatic rings. The number of amides is 2. The number of allylic oxidation sites excluding steroid dienone is 2. The number of hydrogen-bond donors (Lipinski definition) is 2. The first kappa shape index (κ1) is 17.3. The molecular formula is C20H25N3O2. The zero-order valence-electron chi connectivity index (χ0n) is 14.9. The lowest BCUT2D eigenvalue weighted by atomic mass is 9.96. The minimum Gasteiger partial charge on any atom is -0.380 e. The van der Waals surface area contributed by atoms with Crippen molar-refractivity contribution >= 4 is 23.1 Å². The molecule has 25 heavy (non-hydrogen) atoms. The molecule has 0 aromatic heterocycles. The van der Waals surface area contributed by atoms with Gasteiger partial charge in [0.2, 0.25) is 11.8 Å². The van der Waals surface area contributed by atoms with Crippen LogP contribution in [0.1, 0.15) is 48.2 Å². The molecule has 1 fully saturated rings. The Morgan fingerprint density at radius 1 is 1.36 bits per heavy atom. The van der Waals surface area contributed by atoms with E-state index in [9.17, 15) is 9.59 Å². The van der Waals surface area contributed by atoms with Crippen molar-refractivity contribution in [2.75, 3.05) is 18.4 Å². The topological polar surface area (TPSA) is 75.4 Å². The number of hydrogen-bond acceptors (Lipinski definition) is 3. The summed E-state index contributed by atoms with van der Waals surface area (Å²) in [5, 5.41) is 3.59. The Kier molecular flexibility index (Phi) is 4.66. The zero-order valence-corrected chi connectivity index (χ0v) is 14.9. The van der Waals surface area contributed by atoms with Crippen LogP contribution in [-0.4, -0.2) is 35.8 Å². The Hall–Kier alpha value is -2.56. The zero-order chi connectivity index (χ0) is 18.1. The van der Waals surface area contributed by atoms with Crippen molar-refractivity contribution in [1.82, 2.24) is 4.90 Å². The van der Waals surface area contributed by atoms with Crippen LogP contribution in [0.15, 0.2) is 30.4 Å². The maximum absolute atomic E-state index is 11.9. The predicted molar refractivity (Wildman–Crippen MR) is 100 cm³/mol. The molecular weight excluding hydrogens is 314 g/mol. The smallest absolute Gasteiger partial charge is 0.249 e. The fourth-order valence-corrected chi connectivity index (χ4v) is 3.87. The van der Waals surface area contributed by atoms with Crippen molar-refractivity contribution in [3.8, 4) is 0 Å². The van der Waals surface area contributed by atoms with Gasteiger partial charge in [-0.15, -0.1) is 0 Å². The van der Waals surface area contributed by atoms with Crippen LogP contribution in [0, 0.1) is 0 Å². The van der Waals surface area contributed by atoms with Crippen molar-refractivity contribution in [1.29, 1.82) is 0 Å². The van der Waals surface area contributed by atoms with Crippen molar-refractivity contribution in [3.05, 3.63) is 47.1 Å². The maximum atomic E-state index is 11.9. The van der Waals surface area contributed by atoms with Gasteiger partial charge in [-0.3, -0.25) is 9.59 Å². The Balaban J connectivity index is 1.89. The number of benzene rings is 1. The first-order chi connectivity index (χ1) is 11.9. The van der Waals surface area contributed by atoms with Crippen LogP contribution < -0.4 is 11.1 Å². The van der Waals surface area contributed by atoms with Gasteiger partial charge in [0.1, 0.15) is 0 Å². The second-order valence-corrected chi connectivity index (χ2v) is 6.93. The highest BCUT2D eigenvalue weighted by molar-refractivity contribution is 5.99. The van der Waals surface area contributed by atoms with Gasteiger partial charge in [0, 0.05) is 35.9 Å². The van der Waals surface area contributed by atoms with Crippen LogP contribution >= 0.6 is 0 Å². The number of anilines is 1. The predicted octanol–water partition coefficient (Wildman–Crippen LogP) is 2.72. The normalized spacial score (nSPS) is 19.6. The fourth-order valence-electron chi connectivity index (χ4n) is 3.87. The molecule has 2 amide bonds. The third kappa shape index (κ3) is 3.18. The highest BCUT2D eigenvalue weighted by Crippen LogP contribution is 2.39. The summed E-state index contributed by atoms with van der Waals surface area (Å²) in [5.41, 5.74) is 11.7. The molecule has 1 atom stereocenters. The van der Waals surface area contributed by atoms with E-state index in [-0.39, 0.29) is 17.9 Å². The van der Waals surface area contributed by atoms with E-state index >= 15 is 0 Å². The van der Waals surface area contributed by atoms with Gasteiger partial charge in [0.15, 0.2) is 0 Å². The second-order valence-electron chi connectivity index (χ2n) is 6.93. The standard InChI is InChI=1S/C20H25N3O2/c1-4-18(24)23-9-5-6-14(11-23)22-17-8-7-15(20(21)25)16-10-12(2)13(3)19(16)17/h4,7-8,14,22H,1,5-6,9-11H2,2-3H3,(H2,21,25). The molecule has 1 aliphatic carbocycles. The van der Waals surface area contributed by atoms with Gasteiger partial charge in [-0.05, 0) is 62.5 Å². The van der Waals surface area contributed by atoms with Crippen molar-refractivity contribution in [3.63, 3.8) is 0 Å². The van der Waals surface area contributed by atoms with Crippen molar-refractivity contribution in [2.24, 2.45) is 5.73 Å². The molecule has 0 bridgehead atoms. The molecule has 3 N–H and O–H groups in total. The SMILES string of the molecule is C=CC(=O)N1CCCC(Nc2ccc(C(N)=O)c3c2C(C)=C(C)C3)C1. The molecule has 132 valence electrons. The number of fused-ring (bicyclic) bond motifs is 1. The van der Waals surface area contributed by atoms with Crippen molar-refractivity contribution in [2.45, 2.75) is 39.2 Å². The molecule has 0 radical (unpaired) electrons. The molecule has 1 aromatic rings. The van der Waals surface area contributed by atoms with Gasteiger partial charge in [0.25, 0.3) is 0 Å². The Morgan fingerprint density at radius 2 is 2.12 bits per heavy atom. The summed E-state index contributed by atoms with van der Waals surface area (Å²) in [6.45, 7) is 9.20.